The van der Waals surface area contributed by atoms with Crippen LogP contribution in [0.5, 0.6) is 0 Å². The molecule has 2 heterocycles. The Bertz CT molecular complexity index is 1000. The van der Waals surface area contributed by atoms with Crippen LogP contribution in [0.15, 0.2) is 67.0 Å². The molecule has 28 heavy (non-hydrogen) atoms. The number of rotatable bonds is 5. The molecule has 1 N–H and O–H groups in total. The van der Waals surface area contributed by atoms with Gasteiger partial charge in [0.25, 0.3) is 5.91 Å². The maximum atomic E-state index is 13.7. The van der Waals surface area contributed by atoms with Gasteiger partial charge < -0.3 is 10.2 Å². The molecule has 0 spiro atoms. The van der Waals surface area contributed by atoms with E-state index in [-0.39, 0.29) is 11.7 Å². The summed E-state index contributed by atoms with van der Waals surface area (Å²) < 4.78 is 13.7. The number of anilines is 2. The molecule has 1 aliphatic rings. The molecule has 5 heteroatoms. The fraction of sp³-hybridized carbons (Fsp3) is 0.217. The van der Waals surface area contributed by atoms with Gasteiger partial charge in [-0.05, 0) is 49.1 Å². The Hall–Kier alpha value is -3.21. The van der Waals surface area contributed by atoms with Gasteiger partial charge in [-0.25, -0.2) is 4.39 Å². The molecule has 142 valence electrons. The number of benzene rings is 2. The normalized spacial score (nSPS) is 15.4. The molecule has 3 aromatic rings. The van der Waals surface area contributed by atoms with Crippen LogP contribution >= 0.6 is 0 Å². The van der Waals surface area contributed by atoms with E-state index in [1.165, 1.54) is 11.6 Å². The summed E-state index contributed by atoms with van der Waals surface area (Å²) in [6, 6.07) is 17.1. The minimum Gasteiger partial charge on any atom is -0.352 e. The Kier molecular flexibility index (Phi) is 5.06. The summed E-state index contributed by atoms with van der Waals surface area (Å²) >= 11 is 0. The third-order valence-electron chi connectivity index (χ3n) is 5.11. The van der Waals surface area contributed by atoms with Crippen LogP contribution in [0.3, 0.4) is 0 Å². The summed E-state index contributed by atoms with van der Waals surface area (Å²) in [5.74, 6) is -0.451. The molecule has 2 aromatic carbocycles. The average Bonchev–Trinajstić information content (AvgIpc) is 3.05. The van der Waals surface area contributed by atoms with Gasteiger partial charge in [-0.3, -0.25) is 9.78 Å². The number of amides is 1. The number of hydrogen-bond acceptors (Lipinski definition) is 3. The van der Waals surface area contributed by atoms with Crippen LogP contribution in [0.1, 0.15) is 28.4 Å². The van der Waals surface area contributed by atoms with E-state index in [2.05, 4.69) is 34.3 Å². The van der Waals surface area contributed by atoms with Crippen molar-refractivity contribution in [1.82, 2.24) is 10.3 Å². The lowest BCUT2D eigenvalue weighted by Gasteiger charge is -2.25. The molecular weight excluding hydrogens is 353 g/mol. The van der Waals surface area contributed by atoms with Crippen LogP contribution in [-0.2, 0) is 12.8 Å². The van der Waals surface area contributed by atoms with Crippen molar-refractivity contribution >= 4 is 17.3 Å². The summed E-state index contributed by atoms with van der Waals surface area (Å²) in [4.78, 5) is 19.0. The van der Waals surface area contributed by atoms with Crippen molar-refractivity contribution in [1.29, 1.82) is 0 Å². The SMILES string of the molecule is CC1Cc2ccccc2N1c1cncc(C(=O)NCCc2ccccc2F)c1. The lowest BCUT2D eigenvalue weighted by atomic mass is 10.1. The standard InChI is InChI=1S/C23H22FN3O/c1-16-12-18-7-3-5-9-22(18)27(16)20-13-19(14-25-15-20)23(28)26-11-10-17-6-2-4-8-21(17)24/h2-9,13-16H,10-12H2,1H3,(H,26,28). The zero-order chi connectivity index (χ0) is 19.5. The molecule has 0 saturated carbocycles. The highest BCUT2D eigenvalue weighted by Crippen LogP contribution is 2.37. The van der Waals surface area contributed by atoms with Gasteiger partial charge in [0.05, 0.1) is 17.4 Å². The van der Waals surface area contributed by atoms with Crippen molar-refractivity contribution in [2.75, 3.05) is 11.4 Å². The first kappa shape index (κ1) is 18.2. The number of aromatic nitrogens is 1. The molecule has 4 nitrogen and oxygen atoms in total. The number of fused-ring (bicyclic) bond motifs is 1. The van der Waals surface area contributed by atoms with E-state index < -0.39 is 0 Å². The highest BCUT2D eigenvalue weighted by atomic mass is 19.1. The second-order valence-corrected chi connectivity index (χ2v) is 7.08. The fourth-order valence-electron chi connectivity index (χ4n) is 3.76. The van der Waals surface area contributed by atoms with Crippen molar-refractivity contribution in [3.8, 4) is 0 Å². The number of carbonyl (C=O) groups excluding carboxylic acids is 1. The third-order valence-corrected chi connectivity index (χ3v) is 5.11. The first-order valence-electron chi connectivity index (χ1n) is 9.47. The largest absolute Gasteiger partial charge is 0.352 e. The summed E-state index contributed by atoms with van der Waals surface area (Å²) in [7, 11) is 0. The topological polar surface area (TPSA) is 45.2 Å². The quantitative estimate of drug-likeness (QED) is 0.724. The molecule has 0 saturated heterocycles. The van der Waals surface area contributed by atoms with Crippen molar-refractivity contribution < 1.29 is 9.18 Å². The van der Waals surface area contributed by atoms with Crippen molar-refractivity contribution in [3.63, 3.8) is 0 Å². The van der Waals surface area contributed by atoms with Gasteiger partial charge in [-0.15, -0.1) is 0 Å². The first-order valence-corrected chi connectivity index (χ1v) is 9.47. The summed E-state index contributed by atoms with van der Waals surface area (Å²) in [6.07, 6.45) is 4.76. The number of nitrogens with zero attached hydrogens (tertiary/aromatic N) is 2. The summed E-state index contributed by atoms with van der Waals surface area (Å²) in [5, 5.41) is 2.86. The Labute approximate surface area is 164 Å². The molecular formula is C23H22FN3O. The molecule has 0 radical (unpaired) electrons. The first-order chi connectivity index (χ1) is 13.6. The second kappa shape index (κ2) is 7.80. The number of para-hydroxylation sites is 1. The zero-order valence-electron chi connectivity index (χ0n) is 15.7. The minimum absolute atomic E-state index is 0.203. The van der Waals surface area contributed by atoms with Crippen LogP contribution in [-0.4, -0.2) is 23.5 Å². The fourth-order valence-corrected chi connectivity index (χ4v) is 3.76. The smallest absolute Gasteiger partial charge is 0.252 e. The summed E-state index contributed by atoms with van der Waals surface area (Å²) in [6.45, 7) is 2.54. The third kappa shape index (κ3) is 3.60. The van der Waals surface area contributed by atoms with Crippen molar-refractivity contribution in [2.45, 2.75) is 25.8 Å². The molecule has 1 unspecified atom stereocenters. The molecule has 0 bridgehead atoms. The van der Waals surface area contributed by atoms with Crippen LogP contribution in [0.4, 0.5) is 15.8 Å². The zero-order valence-corrected chi connectivity index (χ0v) is 15.7. The lowest BCUT2D eigenvalue weighted by Crippen LogP contribution is -2.27. The molecule has 1 aromatic heterocycles. The predicted molar refractivity (Wildman–Crippen MR) is 108 cm³/mol. The summed E-state index contributed by atoms with van der Waals surface area (Å²) in [5.41, 5.74) is 4.46. The molecule has 1 amide bonds. The molecule has 0 fully saturated rings. The monoisotopic (exact) mass is 375 g/mol. The minimum atomic E-state index is -0.248. The van der Waals surface area contributed by atoms with Crippen LogP contribution in [0.2, 0.25) is 0 Å². The molecule has 1 aliphatic heterocycles. The maximum Gasteiger partial charge on any atom is 0.252 e. The highest BCUT2D eigenvalue weighted by molar-refractivity contribution is 5.95. The molecule has 0 aliphatic carbocycles. The molecule has 4 rings (SSSR count). The van der Waals surface area contributed by atoms with E-state index in [9.17, 15) is 9.18 Å². The number of nitrogens with one attached hydrogen (secondary N) is 1. The van der Waals surface area contributed by atoms with Crippen LogP contribution in [0.25, 0.3) is 0 Å². The number of hydrogen-bond donors (Lipinski definition) is 1. The Morgan fingerprint density at radius 3 is 2.82 bits per heavy atom. The maximum absolute atomic E-state index is 13.7. The van der Waals surface area contributed by atoms with Gasteiger partial charge in [0.15, 0.2) is 0 Å². The van der Waals surface area contributed by atoms with Gasteiger partial charge in [0.2, 0.25) is 0 Å². The van der Waals surface area contributed by atoms with Crippen LogP contribution < -0.4 is 10.2 Å². The van der Waals surface area contributed by atoms with Gasteiger partial charge in [-0.2, -0.15) is 0 Å². The predicted octanol–water partition coefficient (Wildman–Crippen LogP) is 4.28. The van der Waals surface area contributed by atoms with Gasteiger partial charge >= 0.3 is 0 Å². The number of pyridine rings is 1. The Balaban J connectivity index is 1.47. The van der Waals surface area contributed by atoms with E-state index in [0.29, 0.717) is 30.1 Å². The Morgan fingerprint density at radius 2 is 1.96 bits per heavy atom. The lowest BCUT2D eigenvalue weighted by molar-refractivity contribution is 0.0953. The van der Waals surface area contributed by atoms with E-state index in [1.807, 2.05) is 18.2 Å². The van der Waals surface area contributed by atoms with E-state index in [1.54, 1.807) is 30.6 Å². The second-order valence-electron chi connectivity index (χ2n) is 7.08. The van der Waals surface area contributed by atoms with Crippen LogP contribution in [0, 0.1) is 5.82 Å². The number of carbonyl (C=O) groups is 1. The Morgan fingerprint density at radius 1 is 1.18 bits per heavy atom. The average molecular weight is 375 g/mol. The van der Waals surface area contributed by atoms with Crippen molar-refractivity contribution in [2.24, 2.45) is 0 Å². The molecule has 1 atom stereocenters. The van der Waals surface area contributed by atoms with E-state index in [0.717, 1.165) is 17.8 Å². The van der Waals surface area contributed by atoms with Gasteiger partial charge in [-0.1, -0.05) is 36.4 Å². The van der Waals surface area contributed by atoms with Crippen molar-refractivity contribution in [3.05, 3.63) is 89.5 Å². The van der Waals surface area contributed by atoms with E-state index >= 15 is 0 Å². The number of halogens is 1. The van der Waals surface area contributed by atoms with Gasteiger partial charge in [0, 0.05) is 24.5 Å². The van der Waals surface area contributed by atoms with Gasteiger partial charge in [0.1, 0.15) is 5.82 Å². The highest BCUT2D eigenvalue weighted by Gasteiger charge is 2.27. The van der Waals surface area contributed by atoms with E-state index in [4.69, 9.17) is 0 Å².